The number of hydrogen-bond acceptors (Lipinski definition) is 5. The first-order valence-corrected chi connectivity index (χ1v) is 5.60. The lowest BCUT2D eigenvalue weighted by Gasteiger charge is -2.19. The Balaban J connectivity index is 2.63. The van der Waals surface area contributed by atoms with E-state index in [0.29, 0.717) is 31.2 Å². The lowest BCUT2D eigenvalue weighted by molar-refractivity contribution is -0.0221. The van der Waals surface area contributed by atoms with Crippen LogP contribution < -0.4 is 0 Å². The van der Waals surface area contributed by atoms with Crippen LogP contribution in [0.15, 0.2) is 4.52 Å². The molecule has 92 valence electrons. The summed E-state index contributed by atoms with van der Waals surface area (Å²) in [5.41, 5.74) is -0.526. The van der Waals surface area contributed by atoms with Crippen LogP contribution in [-0.4, -0.2) is 28.0 Å². The largest absolute Gasteiger partial charge is 0.393 e. The van der Waals surface area contributed by atoms with Crippen molar-refractivity contribution >= 4 is 0 Å². The number of aromatic nitrogens is 2. The van der Waals surface area contributed by atoms with Crippen LogP contribution in [0.4, 0.5) is 0 Å². The van der Waals surface area contributed by atoms with E-state index in [4.69, 9.17) is 14.4 Å². The third kappa shape index (κ3) is 3.57. The van der Waals surface area contributed by atoms with Crippen LogP contribution in [-0.2, 0) is 16.8 Å². The Morgan fingerprint density at radius 1 is 1.50 bits per heavy atom. The first-order valence-electron chi connectivity index (χ1n) is 5.60. The average Bonchev–Trinajstić information content (AvgIpc) is 2.63. The van der Waals surface area contributed by atoms with E-state index in [1.165, 1.54) is 0 Å². The Kier molecular flexibility index (Phi) is 4.44. The minimum Gasteiger partial charge on any atom is -0.393 e. The molecular weight excluding hydrogens is 208 g/mol. The summed E-state index contributed by atoms with van der Waals surface area (Å²) in [5.74, 6) is 1.10. The Bertz CT molecular complexity index is 321. The Morgan fingerprint density at radius 2 is 2.19 bits per heavy atom. The van der Waals surface area contributed by atoms with Gasteiger partial charge in [-0.1, -0.05) is 5.16 Å². The van der Waals surface area contributed by atoms with E-state index in [-0.39, 0.29) is 6.10 Å². The van der Waals surface area contributed by atoms with Crippen LogP contribution in [0.1, 0.15) is 45.8 Å². The molecule has 0 aromatic carbocycles. The summed E-state index contributed by atoms with van der Waals surface area (Å²) in [6, 6.07) is 0. The fraction of sp³-hybridized carbons (Fsp3) is 0.818. The molecule has 0 saturated heterocycles. The van der Waals surface area contributed by atoms with Gasteiger partial charge in [0.05, 0.1) is 6.10 Å². The third-order valence-corrected chi connectivity index (χ3v) is 2.29. The van der Waals surface area contributed by atoms with Crippen molar-refractivity contribution in [2.75, 3.05) is 6.61 Å². The number of aryl methyl sites for hydroxylation is 1. The highest BCUT2D eigenvalue weighted by atomic mass is 16.5. The van der Waals surface area contributed by atoms with Crippen molar-refractivity contribution < 1.29 is 14.4 Å². The maximum atomic E-state index is 9.15. The molecule has 5 heteroatoms. The summed E-state index contributed by atoms with van der Waals surface area (Å²) >= 11 is 0. The maximum Gasteiger partial charge on any atom is 0.226 e. The summed E-state index contributed by atoms with van der Waals surface area (Å²) < 4.78 is 10.6. The molecular formula is C11H20N2O3. The van der Waals surface area contributed by atoms with E-state index < -0.39 is 5.60 Å². The second-order valence-corrected chi connectivity index (χ2v) is 4.34. The molecule has 0 bridgehead atoms. The van der Waals surface area contributed by atoms with Gasteiger partial charge in [-0.25, -0.2) is 0 Å². The second kappa shape index (κ2) is 5.41. The van der Waals surface area contributed by atoms with Gasteiger partial charge in [0.1, 0.15) is 5.60 Å². The molecule has 1 unspecified atom stereocenters. The van der Waals surface area contributed by atoms with Crippen molar-refractivity contribution in [2.24, 2.45) is 0 Å². The van der Waals surface area contributed by atoms with Gasteiger partial charge in [0.25, 0.3) is 0 Å². The minimum atomic E-state index is -0.526. The molecule has 0 aliphatic heterocycles. The van der Waals surface area contributed by atoms with Gasteiger partial charge in [0.15, 0.2) is 0 Å². The van der Waals surface area contributed by atoms with Gasteiger partial charge in [0.2, 0.25) is 11.7 Å². The van der Waals surface area contributed by atoms with E-state index in [1.54, 1.807) is 6.92 Å². The van der Waals surface area contributed by atoms with Crippen molar-refractivity contribution in [3.63, 3.8) is 0 Å². The van der Waals surface area contributed by atoms with E-state index in [0.717, 1.165) is 0 Å². The monoisotopic (exact) mass is 228 g/mol. The van der Waals surface area contributed by atoms with Crippen molar-refractivity contribution in [3.05, 3.63) is 11.7 Å². The Morgan fingerprint density at radius 3 is 2.75 bits per heavy atom. The van der Waals surface area contributed by atoms with Crippen LogP contribution in [0.2, 0.25) is 0 Å². The lowest BCUT2D eigenvalue weighted by Crippen LogP contribution is -2.23. The molecule has 0 spiro atoms. The molecule has 1 rings (SSSR count). The lowest BCUT2D eigenvalue weighted by atomic mass is 10.1. The van der Waals surface area contributed by atoms with E-state index in [2.05, 4.69) is 10.1 Å². The van der Waals surface area contributed by atoms with E-state index in [1.807, 2.05) is 20.8 Å². The van der Waals surface area contributed by atoms with E-state index in [9.17, 15) is 0 Å². The molecule has 0 amide bonds. The molecule has 0 fully saturated rings. The van der Waals surface area contributed by atoms with Crippen LogP contribution in [0.5, 0.6) is 0 Å². The second-order valence-electron chi connectivity index (χ2n) is 4.34. The predicted octanol–water partition coefficient (Wildman–Crippen LogP) is 1.65. The van der Waals surface area contributed by atoms with Gasteiger partial charge in [0, 0.05) is 13.0 Å². The molecule has 1 atom stereocenters. The van der Waals surface area contributed by atoms with Crippen molar-refractivity contribution in [3.8, 4) is 0 Å². The Hall–Kier alpha value is -0.940. The predicted molar refractivity (Wildman–Crippen MR) is 59.0 cm³/mol. The minimum absolute atomic E-state index is 0.352. The fourth-order valence-electron chi connectivity index (χ4n) is 1.36. The standard InChI is InChI=1S/C11H20N2O3/c1-5-15-11(3,4)10-12-9(16-13-10)7-6-8(2)14/h8,14H,5-7H2,1-4H3. The first-order chi connectivity index (χ1) is 7.45. The molecule has 16 heavy (non-hydrogen) atoms. The molecule has 0 saturated carbocycles. The maximum absolute atomic E-state index is 9.15. The van der Waals surface area contributed by atoms with Crippen molar-refractivity contribution in [2.45, 2.75) is 52.2 Å². The topological polar surface area (TPSA) is 68.4 Å². The number of hydrogen-bond donors (Lipinski definition) is 1. The molecule has 0 radical (unpaired) electrons. The zero-order chi connectivity index (χ0) is 12.2. The van der Waals surface area contributed by atoms with Gasteiger partial charge in [-0.3, -0.25) is 0 Å². The van der Waals surface area contributed by atoms with Crippen molar-refractivity contribution in [1.82, 2.24) is 10.1 Å². The number of ether oxygens (including phenoxy) is 1. The summed E-state index contributed by atoms with van der Waals surface area (Å²) in [5, 5.41) is 13.0. The summed E-state index contributed by atoms with van der Waals surface area (Å²) in [6.45, 7) is 8.07. The van der Waals surface area contributed by atoms with Gasteiger partial charge < -0.3 is 14.4 Å². The van der Waals surface area contributed by atoms with Crippen LogP contribution >= 0.6 is 0 Å². The molecule has 1 aromatic rings. The van der Waals surface area contributed by atoms with Gasteiger partial charge >= 0.3 is 0 Å². The van der Waals surface area contributed by atoms with Crippen molar-refractivity contribution in [1.29, 1.82) is 0 Å². The first kappa shape index (κ1) is 13.1. The summed E-state index contributed by atoms with van der Waals surface area (Å²) in [6.07, 6.45) is 0.860. The van der Waals surface area contributed by atoms with Gasteiger partial charge in [-0.05, 0) is 34.1 Å². The van der Waals surface area contributed by atoms with Crippen LogP contribution in [0.3, 0.4) is 0 Å². The van der Waals surface area contributed by atoms with Gasteiger partial charge in [-0.15, -0.1) is 0 Å². The number of aliphatic hydroxyl groups excluding tert-OH is 1. The number of nitrogens with zero attached hydrogens (tertiary/aromatic N) is 2. The quantitative estimate of drug-likeness (QED) is 0.801. The fourth-order valence-corrected chi connectivity index (χ4v) is 1.36. The highest BCUT2D eigenvalue weighted by Crippen LogP contribution is 2.21. The normalized spacial score (nSPS) is 14.1. The zero-order valence-electron chi connectivity index (χ0n) is 10.4. The van der Waals surface area contributed by atoms with Gasteiger partial charge in [-0.2, -0.15) is 4.98 Å². The van der Waals surface area contributed by atoms with Crippen LogP contribution in [0.25, 0.3) is 0 Å². The highest BCUT2D eigenvalue weighted by Gasteiger charge is 2.26. The molecule has 5 nitrogen and oxygen atoms in total. The summed E-state index contributed by atoms with van der Waals surface area (Å²) in [4.78, 5) is 4.26. The van der Waals surface area contributed by atoms with Crippen LogP contribution in [0, 0.1) is 0 Å². The number of rotatable bonds is 6. The third-order valence-electron chi connectivity index (χ3n) is 2.29. The zero-order valence-corrected chi connectivity index (χ0v) is 10.4. The number of aliphatic hydroxyl groups is 1. The Labute approximate surface area is 95.8 Å². The highest BCUT2D eigenvalue weighted by molar-refractivity contribution is 4.97. The SMILES string of the molecule is CCOC(C)(C)c1noc(CCC(C)O)n1. The molecule has 0 aliphatic rings. The smallest absolute Gasteiger partial charge is 0.226 e. The average molecular weight is 228 g/mol. The molecule has 1 aromatic heterocycles. The molecule has 1 heterocycles. The molecule has 0 aliphatic carbocycles. The molecule has 1 N–H and O–H groups in total. The van der Waals surface area contributed by atoms with E-state index >= 15 is 0 Å². The summed E-state index contributed by atoms with van der Waals surface area (Å²) in [7, 11) is 0.